The van der Waals surface area contributed by atoms with Crippen molar-refractivity contribution in [1.82, 2.24) is 5.32 Å². The number of aliphatic imine (C=N–C) groups is 1. The molecule has 0 aromatic carbocycles. The van der Waals surface area contributed by atoms with Gasteiger partial charge >= 0.3 is 0 Å². The van der Waals surface area contributed by atoms with Crippen LogP contribution in [0.3, 0.4) is 0 Å². The van der Waals surface area contributed by atoms with E-state index in [9.17, 15) is 4.79 Å². The van der Waals surface area contributed by atoms with Gasteiger partial charge < -0.3 is 15.8 Å². The number of ether oxygens (including phenoxy) is 1. The van der Waals surface area contributed by atoms with Crippen LogP contribution in [0.15, 0.2) is 71.3 Å². The highest BCUT2D eigenvalue weighted by Gasteiger charge is 2.04. The summed E-state index contributed by atoms with van der Waals surface area (Å²) < 4.78 is 5.76. The van der Waals surface area contributed by atoms with E-state index < -0.39 is 5.91 Å². The minimum atomic E-state index is -0.409. The highest BCUT2D eigenvalue weighted by atomic mass is 16.5. The Morgan fingerprint density at radius 3 is 2.93 bits per heavy atom. The zero-order valence-electron chi connectivity index (χ0n) is 17.8. The molecule has 0 saturated heterocycles. The van der Waals surface area contributed by atoms with Gasteiger partial charge in [-0.15, -0.1) is 5.73 Å². The fourth-order valence-electron chi connectivity index (χ4n) is 2.76. The number of hydrogen-bond acceptors (Lipinski definition) is 4. The average molecular weight is 398 g/mol. The smallest absolute Gasteiger partial charge is 0.221 e. The number of carbonyl (C=O) groups excluding carboxylic acids is 1. The van der Waals surface area contributed by atoms with E-state index in [0.29, 0.717) is 17.7 Å². The van der Waals surface area contributed by atoms with Crippen molar-refractivity contribution in [2.75, 3.05) is 6.54 Å². The Hall–Kier alpha value is -2.62. The van der Waals surface area contributed by atoms with E-state index in [1.807, 2.05) is 24.3 Å². The summed E-state index contributed by atoms with van der Waals surface area (Å²) >= 11 is 0. The number of carbonyl (C=O) groups is 1. The second-order valence-electron chi connectivity index (χ2n) is 7.02. The highest BCUT2D eigenvalue weighted by molar-refractivity contribution is 5.90. The van der Waals surface area contributed by atoms with Gasteiger partial charge in [0.1, 0.15) is 5.76 Å². The zero-order chi connectivity index (χ0) is 21.3. The third kappa shape index (κ3) is 12.5. The standard InChI is InChI=1S/C24H35N3O2/c1-4-6-7-8-11-20(3)27-19-18-21-12-9-13-22(17-16-21)29-24(26-5-2)15-10-14-23(25)28/h5,9-10,13,15-17,20,27H,2,4,6-8,11,14,18-19H2,1,3H3,(H2,25,28)/b15-10-,26-24?. The van der Waals surface area contributed by atoms with Gasteiger partial charge in [-0.2, -0.15) is 0 Å². The maximum atomic E-state index is 10.8. The van der Waals surface area contributed by atoms with E-state index in [4.69, 9.17) is 10.5 Å². The summed E-state index contributed by atoms with van der Waals surface area (Å²) in [4.78, 5) is 14.9. The van der Waals surface area contributed by atoms with Crippen molar-refractivity contribution in [1.29, 1.82) is 0 Å². The van der Waals surface area contributed by atoms with E-state index in [0.717, 1.165) is 18.5 Å². The minimum Gasteiger partial charge on any atom is -0.439 e. The first-order valence-corrected chi connectivity index (χ1v) is 10.4. The van der Waals surface area contributed by atoms with Gasteiger partial charge in [-0.05, 0) is 55.7 Å². The number of unbranched alkanes of at least 4 members (excludes halogenated alkanes) is 3. The van der Waals surface area contributed by atoms with Crippen molar-refractivity contribution in [3.05, 3.63) is 66.3 Å². The molecule has 1 rings (SSSR count). The lowest BCUT2D eigenvalue weighted by Crippen LogP contribution is -2.27. The molecular formula is C24H35N3O2. The van der Waals surface area contributed by atoms with Crippen molar-refractivity contribution in [2.24, 2.45) is 10.7 Å². The van der Waals surface area contributed by atoms with Crippen molar-refractivity contribution in [2.45, 2.75) is 64.8 Å². The number of allylic oxidation sites excluding steroid dienone is 3. The van der Waals surface area contributed by atoms with Gasteiger partial charge in [0.2, 0.25) is 11.8 Å². The third-order valence-corrected chi connectivity index (χ3v) is 4.36. The summed E-state index contributed by atoms with van der Waals surface area (Å²) in [5.74, 6) is 0.565. The number of hydrogen-bond donors (Lipinski definition) is 2. The first-order valence-electron chi connectivity index (χ1n) is 10.4. The van der Waals surface area contributed by atoms with Gasteiger partial charge in [-0.3, -0.25) is 4.79 Å². The highest BCUT2D eigenvalue weighted by Crippen LogP contribution is 2.12. The fraction of sp³-hybridized carbons (Fsp3) is 0.458. The topological polar surface area (TPSA) is 76.7 Å². The van der Waals surface area contributed by atoms with E-state index in [2.05, 4.69) is 36.5 Å². The number of nitrogens with one attached hydrogen (secondary N) is 1. The van der Waals surface area contributed by atoms with E-state index in [-0.39, 0.29) is 6.42 Å². The second kappa shape index (κ2) is 15.3. The van der Waals surface area contributed by atoms with Crippen LogP contribution >= 0.6 is 0 Å². The Kier molecular flexibility index (Phi) is 12.9. The molecule has 0 radical (unpaired) electrons. The number of nitrogens with two attached hydrogens (primary N) is 1. The normalized spacial score (nSPS) is 15.0. The molecule has 158 valence electrons. The SMILES string of the molecule is C=CN=C(/C=C\CC(N)=O)OC1=CC=C=C(CCNC(C)CCCCCC)C=C1. The monoisotopic (exact) mass is 397 g/mol. The minimum absolute atomic E-state index is 0.129. The van der Waals surface area contributed by atoms with Crippen LogP contribution < -0.4 is 11.1 Å². The number of amides is 1. The summed E-state index contributed by atoms with van der Waals surface area (Å²) in [6.07, 6.45) is 19.6. The van der Waals surface area contributed by atoms with Crippen molar-refractivity contribution < 1.29 is 9.53 Å². The molecule has 1 unspecified atom stereocenters. The molecule has 0 saturated carbocycles. The zero-order valence-corrected chi connectivity index (χ0v) is 17.8. The van der Waals surface area contributed by atoms with Crippen LogP contribution in [-0.4, -0.2) is 24.4 Å². The summed E-state index contributed by atoms with van der Waals surface area (Å²) in [6, 6.07) is 0.535. The molecule has 1 atom stereocenters. The largest absolute Gasteiger partial charge is 0.439 e. The molecule has 1 aliphatic carbocycles. The summed E-state index contributed by atoms with van der Waals surface area (Å²) in [7, 11) is 0. The molecule has 1 aliphatic rings. The third-order valence-electron chi connectivity index (χ3n) is 4.36. The Morgan fingerprint density at radius 1 is 1.38 bits per heavy atom. The average Bonchev–Trinajstić information content (AvgIpc) is 2.90. The van der Waals surface area contributed by atoms with Crippen LogP contribution in [0.2, 0.25) is 0 Å². The molecule has 3 N–H and O–H groups in total. The Bertz CT molecular complexity index is 708. The summed E-state index contributed by atoms with van der Waals surface area (Å²) in [5, 5.41) is 3.59. The molecule has 0 aromatic rings. The van der Waals surface area contributed by atoms with Gasteiger partial charge in [0, 0.05) is 25.2 Å². The van der Waals surface area contributed by atoms with Gasteiger partial charge in [-0.25, -0.2) is 4.99 Å². The lowest BCUT2D eigenvalue weighted by molar-refractivity contribution is -0.117. The molecule has 0 aliphatic heterocycles. The molecule has 5 heteroatoms. The summed E-state index contributed by atoms with van der Waals surface area (Å²) in [6.45, 7) is 8.99. The van der Waals surface area contributed by atoms with Crippen molar-refractivity contribution >= 4 is 11.8 Å². The number of nitrogens with zero attached hydrogens (tertiary/aromatic N) is 1. The Labute approximate surface area is 175 Å². The molecule has 1 amide bonds. The predicted octanol–water partition coefficient (Wildman–Crippen LogP) is 4.85. The van der Waals surface area contributed by atoms with Crippen LogP contribution in [0.5, 0.6) is 0 Å². The molecule has 0 fully saturated rings. The van der Waals surface area contributed by atoms with Gasteiger partial charge in [0.25, 0.3) is 0 Å². The molecule has 29 heavy (non-hydrogen) atoms. The molecule has 0 aromatic heterocycles. The van der Waals surface area contributed by atoms with Crippen LogP contribution in [0, 0.1) is 0 Å². The quantitative estimate of drug-likeness (QED) is 0.190. The van der Waals surface area contributed by atoms with Crippen molar-refractivity contribution in [3.63, 3.8) is 0 Å². The number of rotatable bonds is 14. The van der Waals surface area contributed by atoms with Gasteiger partial charge in [0.15, 0.2) is 0 Å². The molecule has 5 nitrogen and oxygen atoms in total. The first-order chi connectivity index (χ1) is 14.0. The predicted molar refractivity (Wildman–Crippen MR) is 121 cm³/mol. The Balaban J connectivity index is 2.44. The molecule has 0 spiro atoms. The molecule has 0 bridgehead atoms. The second-order valence-corrected chi connectivity index (χ2v) is 7.02. The number of primary amides is 1. The lowest BCUT2D eigenvalue weighted by Gasteiger charge is -2.13. The summed E-state index contributed by atoms with van der Waals surface area (Å²) in [5.41, 5.74) is 9.52. The van der Waals surface area contributed by atoms with Crippen LogP contribution in [-0.2, 0) is 9.53 Å². The maximum Gasteiger partial charge on any atom is 0.221 e. The lowest BCUT2D eigenvalue weighted by atomic mass is 10.1. The fourth-order valence-corrected chi connectivity index (χ4v) is 2.76. The van der Waals surface area contributed by atoms with E-state index in [1.165, 1.54) is 38.3 Å². The maximum absolute atomic E-state index is 10.8. The van der Waals surface area contributed by atoms with Crippen LogP contribution in [0.4, 0.5) is 0 Å². The van der Waals surface area contributed by atoms with Gasteiger partial charge in [-0.1, -0.05) is 45.3 Å². The van der Waals surface area contributed by atoms with Crippen LogP contribution in [0.25, 0.3) is 0 Å². The van der Waals surface area contributed by atoms with E-state index >= 15 is 0 Å². The van der Waals surface area contributed by atoms with E-state index in [1.54, 1.807) is 12.2 Å². The van der Waals surface area contributed by atoms with Gasteiger partial charge in [0.05, 0.1) is 0 Å². The molecule has 0 heterocycles. The van der Waals surface area contributed by atoms with Crippen molar-refractivity contribution in [3.8, 4) is 0 Å². The Morgan fingerprint density at radius 2 is 2.21 bits per heavy atom. The first kappa shape index (κ1) is 24.4. The van der Waals surface area contributed by atoms with Crippen LogP contribution in [0.1, 0.15) is 58.8 Å². The molecular weight excluding hydrogens is 362 g/mol.